The Bertz CT molecular complexity index is 1160. The van der Waals surface area contributed by atoms with Gasteiger partial charge in [0.25, 0.3) is 0 Å². The maximum atomic E-state index is 12.9. The summed E-state index contributed by atoms with van der Waals surface area (Å²) >= 11 is 1.36. The van der Waals surface area contributed by atoms with Crippen LogP contribution in [0, 0.1) is 0 Å². The van der Waals surface area contributed by atoms with E-state index in [1.54, 1.807) is 25.1 Å². The Morgan fingerprint density at radius 3 is 2.16 bits per heavy atom. The van der Waals surface area contributed by atoms with Crippen LogP contribution in [0.2, 0.25) is 0 Å². The van der Waals surface area contributed by atoms with Crippen LogP contribution in [0.5, 0.6) is 11.5 Å². The fraction of sp³-hybridized carbons (Fsp3) is 0.217. The molecule has 9 heteroatoms. The lowest BCUT2D eigenvalue weighted by Gasteiger charge is -2.20. The number of rotatable bonds is 8. The summed E-state index contributed by atoms with van der Waals surface area (Å²) in [5, 5.41) is 8.92. The van der Waals surface area contributed by atoms with Crippen LogP contribution in [0.15, 0.2) is 66.1 Å². The van der Waals surface area contributed by atoms with E-state index in [9.17, 15) is 4.79 Å². The number of nitrogens with one attached hydrogen (secondary N) is 1. The molecule has 1 N–H and O–H groups in total. The molecule has 0 bridgehead atoms. The minimum Gasteiger partial charge on any atom is -0.497 e. The van der Waals surface area contributed by atoms with E-state index in [1.807, 2.05) is 55.6 Å². The highest BCUT2D eigenvalue weighted by atomic mass is 32.2. The van der Waals surface area contributed by atoms with Crippen molar-refractivity contribution in [2.75, 3.05) is 20.0 Å². The molecule has 2 aromatic heterocycles. The van der Waals surface area contributed by atoms with Gasteiger partial charge in [-0.2, -0.15) is 5.10 Å². The smallest absolute Gasteiger partial charge is 0.231 e. The fourth-order valence-corrected chi connectivity index (χ4v) is 4.12. The molecule has 0 unspecified atom stereocenters. The zero-order valence-electron chi connectivity index (χ0n) is 18.0. The van der Waals surface area contributed by atoms with Crippen molar-refractivity contribution in [2.45, 2.75) is 11.1 Å². The Hall–Kier alpha value is -3.59. The summed E-state index contributed by atoms with van der Waals surface area (Å²) in [5.41, 5.74) is 2.63. The normalized spacial score (nSPS) is 11.0. The molecule has 4 rings (SSSR count). The van der Waals surface area contributed by atoms with E-state index >= 15 is 0 Å². The Labute approximate surface area is 190 Å². The highest BCUT2D eigenvalue weighted by Crippen LogP contribution is 2.27. The number of amides is 1. The first-order valence-electron chi connectivity index (χ1n) is 9.92. The Morgan fingerprint density at radius 1 is 1.00 bits per heavy atom. The first-order valence-corrected chi connectivity index (χ1v) is 10.9. The van der Waals surface area contributed by atoms with E-state index in [1.165, 1.54) is 18.1 Å². The van der Waals surface area contributed by atoms with Gasteiger partial charge in [0.1, 0.15) is 22.9 Å². The standard InChI is InChI=1S/C23H23N5O3S/c1-28-22-19(12-26-28)23(25-14-24-22)32-13-20(29)27-21(15-4-8-17(30-2)9-5-15)16-6-10-18(31-3)11-7-16/h4-12,14,21H,13H2,1-3H3,(H,27,29). The van der Waals surface area contributed by atoms with Crippen molar-refractivity contribution in [3.8, 4) is 11.5 Å². The fourth-order valence-electron chi connectivity index (χ4n) is 3.34. The second-order valence-corrected chi connectivity index (χ2v) is 7.98. The van der Waals surface area contributed by atoms with Crippen molar-refractivity contribution < 1.29 is 14.3 Å². The van der Waals surface area contributed by atoms with Crippen LogP contribution in [-0.4, -0.2) is 45.6 Å². The average Bonchev–Trinajstić information content (AvgIpc) is 3.23. The lowest BCUT2D eigenvalue weighted by Crippen LogP contribution is -2.30. The van der Waals surface area contributed by atoms with Crippen LogP contribution in [0.1, 0.15) is 17.2 Å². The van der Waals surface area contributed by atoms with Crippen molar-refractivity contribution in [1.29, 1.82) is 0 Å². The number of thioether (sulfide) groups is 1. The highest BCUT2D eigenvalue weighted by Gasteiger charge is 2.18. The molecule has 1 amide bonds. The van der Waals surface area contributed by atoms with Crippen LogP contribution in [0.4, 0.5) is 0 Å². The van der Waals surface area contributed by atoms with Gasteiger partial charge in [-0.25, -0.2) is 9.97 Å². The van der Waals surface area contributed by atoms with E-state index in [-0.39, 0.29) is 17.7 Å². The lowest BCUT2D eigenvalue weighted by atomic mass is 9.98. The molecule has 0 spiro atoms. The summed E-state index contributed by atoms with van der Waals surface area (Å²) in [6, 6.07) is 15.0. The molecule has 32 heavy (non-hydrogen) atoms. The molecular weight excluding hydrogens is 426 g/mol. The number of aryl methyl sites for hydroxylation is 1. The molecule has 164 valence electrons. The van der Waals surface area contributed by atoms with Gasteiger partial charge in [-0.15, -0.1) is 0 Å². The SMILES string of the molecule is COc1ccc(C(NC(=O)CSc2ncnc3c2cnn3C)c2ccc(OC)cc2)cc1. The summed E-state index contributed by atoms with van der Waals surface area (Å²) in [4.78, 5) is 21.5. The van der Waals surface area contributed by atoms with Gasteiger partial charge in [-0.1, -0.05) is 36.0 Å². The quantitative estimate of drug-likeness (QED) is 0.326. The summed E-state index contributed by atoms with van der Waals surface area (Å²) in [7, 11) is 5.08. The third kappa shape index (κ3) is 4.67. The van der Waals surface area contributed by atoms with Gasteiger partial charge in [-0.05, 0) is 35.4 Å². The molecule has 0 aliphatic carbocycles. The van der Waals surface area contributed by atoms with Crippen molar-refractivity contribution >= 4 is 28.7 Å². The van der Waals surface area contributed by atoms with E-state index in [0.29, 0.717) is 0 Å². The van der Waals surface area contributed by atoms with Crippen molar-refractivity contribution in [2.24, 2.45) is 7.05 Å². The average molecular weight is 450 g/mol. The predicted octanol–water partition coefficient (Wildman–Crippen LogP) is 3.38. The van der Waals surface area contributed by atoms with E-state index in [4.69, 9.17) is 9.47 Å². The van der Waals surface area contributed by atoms with Gasteiger partial charge >= 0.3 is 0 Å². The zero-order chi connectivity index (χ0) is 22.5. The summed E-state index contributed by atoms with van der Waals surface area (Å²) in [6.07, 6.45) is 3.20. The first kappa shape index (κ1) is 21.6. The van der Waals surface area contributed by atoms with E-state index in [2.05, 4.69) is 20.4 Å². The molecule has 0 atom stereocenters. The van der Waals surface area contributed by atoms with Gasteiger partial charge in [-0.3, -0.25) is 9.48 Å². The predicted molar refractivity (Wildman–Crippen MR) is 123 cm³/mol. The maximum absolute atomic E-state index is 12.9. The largest absolute Gasteiger partial charge is 0.497 e. The molecule has 0 aliphatic heterocycles. The number of methoxy groups -OCH3 is 2. The number of hydrogen-bond acceptors (Lipinski definition) is 7. The van der Waals surface area contributed by atoms with Gasteiger partial charge < -0.3 is 14.8 Å². The molecule has 0 saturated carbocycles. The van der Waals surface area contributed by atoms with Crippen LogP contribution >= 0.6 is 11.8 Å². The molecule has 0 fully saturated rings. The molecule has 0 radical (unpaired) electrons. The second-order valence-electron chi connectivity index (χ2n) is 7.02. The minimum absolute atomic E-state index is 0.109. The first-order chi connectivity index (χ1) is 15.6. The van der Waals surface area contributed by atoms with Gasteiger partial charge in [0, 0.05) is 7.05 Å². The summed E-state index contributed by atoms with van der Waals surface area (Å²) in [5.74, 6) is 1.62. The minimum atomic E-state index is -0.316. The Morgan fingerprint density at radius 2 is 1.59 bits per heavy atom. The summed E-state index contributed by atoms with van der Waals surface area (Å²) < 4.78 is 12.2. The van der Waals surface area contributed by atoms with Crippen LogP contribution in [0.3, 0.4) is 0 Å². The van der Waals surface area contributed by atoms with Crippen molar-refractivity contribution in [3.05, 3.63) is 72.2 Å². The van der Waals surface area contributed by atoms with Gasteiger partial charge in [0.05, 0.1) is 37.6 Å². The number of benzene rings is 2. The molecule has 2 aromatic carbocycles. The number of hydrogen-bond donors (Lipinski definition) is 1. The Balaban J connectivity index is 1.53. The number of nitrogens with zero attached hydrogens (tertiary/aromatic N) is 4. The second kappa shape index (κ2) is 9.69. The van der Waals surface area contributed by atoms with Crippen LogP contribution in [0.25, 0.3) is 11.0 Å². The van der Waals surface area contributed by atoms with Crippen molar-refractivity contribution in [3.63, 3.8) is 0 Å². The van der Waals surface area contributed by atoms with E-state index < -0.39 is 0 Å². The molecule has 0 saturated heterocycles. The molecule has 4 aromatic rings. The van der Waals surface area contributed by atoms with Crippen LogP contribution in [-0.2, 0) is 11.8 Å². The molecule has 2 heterocycles. The van der Waals surface area contributed by atoms with Gasteiger partial charge in [0.2, 0.25) is 5.91 Å². The highest BCUT2D eigenvalue weighted by molar-refractivity contribution is 8.00. The monoisotopic (exact) mass is 449 g/mol. The molecular formula is C23H23N5O3S. The Kier molecular flexibility index (Phi) is 6.55. The number of aromatic nitrogens is 4. The number of carbonyl (C=O) groups is 1. The van der Waals surface area contributed by atoms with Crippen molar-refractivity contribution in [1.82, 2.24) is 25.1 Å². The van der Waals surface area contributed by atoms with Crippen LogP contribution < -0.4 is 14.8 Å². The number of fused-ring (bicyclic) bond motifs is 1. The lowest BCUT2D eigenvalue weighted by molar-refractivity contribution is -0.119. The topological polar surface area (TPSA) is 91.2 Å². The maximum Gasteiger partial charge on any atom is 0.231 e. The zero-order valence-corrected chi connectivity index (χ0v) is 18.8. The third-order valence-electron chi connectivity index (χ3n) is 5.04. The number of carbonyl (C=O) groups excluding carboxylic acids is 1. The summed E-state index contributed by atoms with van der Waals surface area (Å²) in [6.45, 7) is 0. The number of ether oxygens (including phenoxy) is 2. The third-order valence-corrected chi connectivity index (χ3v) is 6.04. The van der Waals surface area contributed by atoms with Gasteiger partial charge in [0.15, 0.2) is 5.65 Å². The van der Waals surface area contributed by atoms with E-state index in [0.717, 1.165) is 38.7 Å². The molecule has 0 aliphatic rings. The molecule has 8 nitrogen and oxygen atoms in total.